The molecule has 0 saturated heterocycles. The molecule has 0 amide bonds. The summed E-state index contributed by atoms with van der Waals surface area (Å²) >= 11 is 12.5. The highest BCUT2D eigenvalue weighted by Gasteiger charge is 2.24. The van der Waals surface area contributed by atoms with Crippen LogP contribution in [0.1, 0.15) is 37.2 Å². The maximum Gasteiger partial charge on any atom is 0.162 e. The average molecular weight is 329 g/mol. The number of nitrogens with zero attached hydrogens (tertiary/aromatic N) is 2. The zero-order valence-corrected chi connectivity index (χ0v) is 12.6. The van der Waals surface area contributed by atoms with Gasteiger partial charge in [-0.05, 0) is 37.0 Å². The van der Waals surface area contributed by atoms with Crippen LogP contribution in [0.5, 0.6) is 0 Å². The minimum atomic E-state index is -0.955. The molecular formula is C15H12Cl2F2N2. The normalized spacial score (nSPS) is 15.6. The van der Waals surface area contributed by atoms with E-state index in [0.717, 1.165) is 43.4 Å². The predicted octanol–water partition coefficient (Wildman–Crippen LogP) is 5.39. The summed E-state index contributed by atoms with van der Waals surface area (Å²) < 4.78 is 26.3. The van der Waals surface area contributed by atoms with Gasteiger partial charge in [-0.25, -0.2) is 18.7 Å². The van der Waals surface area contributed by atoms with Gasteiger partial charge in [0, 0.05) is 11.1 Å². The fraction of sp³-hybridized carbons (Fsp3) is 0.333. The quantitative estimate of drug-likeness (QED) is 0.691. The maximum absolute atomic E-state index is 13.3. The Bertz CT molecular complexity index is 662. The topological polar surface area (TPSA) is 25.8 Å². The second-order valence-corrected chi connectivity index (χ2v) is 5.87. The van der Waals surface area contributed by atoms with E-state index < -0.39 is 11.6 Å². The highest BCUT2D eigenvalue weighted by atomic mass is 35.5. The van der Waals surface area contributed by atoms with Crippen LogP contribution in [0.15, 0.2) is 18.2 Å². The zero-order valence-electron chi connectivity index (χ0n) is 11.0. The van der Waals surface area contributed by atoms with Crippen molar-refractivity contribution in [2.75, 3.05) is 0 Å². The van der Waals surface area contributed by atoms with E-state index in [4.69, 9.17) is 23.2 Å². The molecule has 1 aliphatic carbocycles. The maximum atomic E-state index is 13.3. The van der Waals surface area contributed by atoms with Gasteiger partial charge < -0.3 is 0 Å². The lowest BCUT2D eigenvalue weighted by atomic mass is 10.0. The molecule has 2 nitrogen and oxygen atoms in total. The van der Waals surface area contributed by atoms with Gasteiger partial charge in [-0.2, -0.15) is 0 Å². The van der Waals surface area contributed by atoms with Crippen LogP contribution in [0.2, 0.25) is 10.3 Å². The molecule has 21 heavy (non-hydrogen) atoms. The van der Waals surface area contributed by atoms with Crippen LogP contribution < -0.4 is 0 Å². The number of benzene rings is 1. The van der Waals surface area contributed by atoms with Crippen molar-refractivity contribution in [3.8, 4) is 11.4 Å². The molecule has 3 rings (SSSR count). The van der Waals surface area contributed by atoms with Gasteiger partial charge in [-0.1, -0.05) is 36.0 Å². The first-order chi connectivity index (χ1) is 10.1. The molecule has 0 atom stereocenters. The zero-order chi connectivity index (χ0) is 15.0. The van der Waals surface area contributed by atoms with Crippen molar-refractivity contribution in [2.45, 2.75) is 31.6 Å². The minimum Gasteiger partial charge on any atom is -0.216 e. The van der Waals surface area contributed by atoms with Crippen molar-refractivity contribution in [1.82, 2.24) is 9.97 Å². The lowest BCUT2D eigenvalue weighted by Crippen LogP contribution is -2.02. The third kappa shape index (κ3) is 2.87. The van der Waals surface area contributed by atoms with Crippen LogP contribution in [-0.2, 0) is 0 Å². The lowest BCUT2D eigenvalue weighted by molar-refractivity contribution is 0.509. The molecule has 6 heteroatoms. The molecule has 1 fully saturated rings. The average Bonchev–Trinajstić information content (AvgIpc) is 2.95. The van der Waals surface area contributed by atoms with Gasteiger partial charge in [0.1, 0.15) is 10.3 Å². The van der Waals surface area contributed by atoms with Crippen LogP contribution in [-0.4, -0.2) is 9.97 Å². The van der Waals surface area contributed by atoms with Gasteiger partial charge in [-0.3, -0.25) is 0 Å². The first kappa shape index (κ1) is 14.7. The van der Waals surface area contributed by atoms with E-state index in [0.29, 0.717) is 15.9 Å². The van der Waals surface area contributed by atoms with E-state index in [1.54, 1.807) is 0 Å². The molecule has 1 aromatic heterocycles. The number of aromatic nitrogens is 2. The second kappa shape index (κ2) is 5.85. The molecule has 1 saturated carbocycles. The number of hydrogen-bond donors (Lipinski definition) is 0. The fourth-order valence-corrected chi connectivity index (χ4v) is 3.43. The van der Waals surface area contributed by atoms with Crippen molar-refractivity contribution < 1.29 is 8.78 Å². The van der Waals surface area contributed by atoms with Gasteiger partial charge in [0.05, 0.1) is 0 Å². The monoisotopic (exact) mass is 328 g/mol. The van der Waals surface area contributed by atoms with E-state index in [-0.39, 0.29) is 11.7 Å². The molecule has 0 unspecified atom stereocenters. The van der Waals surface area contributed by atoms with Crippen LogP contribution in [0, 0.1) is 11.6 Å². The molecular weight excluding hydrogens is 317 g/mol. The Kier molecular flexibility index (Phi) is 4.09. The van der Waals surface area contributed by atoms with Crippen molar-refractivity contribution in [3.05, 3.63) is 45.7 Å². The highest BCUT2D eigenvalue weighted by molar-refractivity contribution is 6.34. The van der Waals surface area contributed by atoms with Gasteiger partial charge in [-0.15, -0.1) is 0 Å². The Hall–Kier alpha value is -1.26. The van der Waals surface area contributed by atoms with Gasteiger partial charge >= 0.3 is 0 Å². The fourth-order valence-electron chi connectivity index (χ4n) is 2.73. The van der Waals surface area contributed by atoms with E-state index in [9.17, 15) is 8.78 Å². The summed E-state index contributed by atoms with van der Waals surface area (Å²) in [7, 11) is 0. The molecule has 2 aromatic rings. The third-order valence-corrected chi connectivity index (χ3v) is 4.37. The molecule has 1 aliphatic rings. The molecule has 0 radical (unpaired) electrons. The predicted molar refractivity (Wildman–Crippen MR) is 78.6 cm³/mol. The number of hydrogen-bond acceptors (Lipinski definition) is 2. The molecule has 0 spiro atoms. The number of halogens is 4. The van der Waals surface area contributed by atoms with Crippen LogP contribution in [0.4, 0.5) is 8.78 Å². The Labute approximate surface area is 131 Å². The third-order valence-electron chi connectivity index (χ3n) is 3.79. The smallest absolute Gasteiger partial charge is 0.162 e. The summed E-state index contributed by atoms with van der Waals surface area (Å²) in [6.07, 6.45) is 4.32. The summed E-state index contributed by atoms with van der Waals surface area (Å²) in [4.78, 5) is 8.40. The summed E-state index contributed by atoms with van der Waals surface area (Å²) in [5.41, 5.74) is 1.11. The van der Waals surface area contributed by atoms with E-state index in [1.807, 2.05) is 0 Å². The molecule has 1 heterocycles. The van der Waals surface area contributed by atoms with Crippen LogP contribution >= 0.6 is 23.2 Å². The molecule has 0 N–H and O–H groups in total. The van der Waals surface area contributed by atoms with Gasteiger partial charge in [0.25, 0.3) is 0 Å². The molecule has 0 bridgehead atoms. The van der Waals surface area contributed by atoms with Crippen molar-refractivity contribution >= 4 is 23.2 Å². The van der Waals surface area contributed by atoms with Crippen LogP contribution in [0.25, 0.3) is 11.4 Å². The SMILES string of the molecule is Fc1ccc(-c2nc(Cl)c(C3CCCC3)c(Cl)n2)cc1F. The molecule has 0 aliphatic heterocycles. The van der Waals surface area contributed by atoms with Crippen molar-refractivity contribution in [3.63, 3.8) is 0 Å². The van der Waals surface area contributed by atoms with Gasteiger partial charge in [0.2, 0.25) is 0 Å². The Morgan fingerprint density at radius 2 is 1.57 bits per heavy atom. The Morgan fingerprint density at radius 3 is 2.14 bits per heavy atom. The molecule has 1 aromatic carbocycles. The van der Waals surface area contributed by atoms with Crippen molar-refractivity contribution in [2.24, 2.45) is 0 Å². The minimum absolute atomic E-state index is 0.200. The van der Waals surface area contributed by atoms with E-state index in [1.165, 1.54) is 6.07 Å². The highest BCUT2D eigenvalue weighted by Crippen LogP contribution is 2.40. The summed E-state index contributed by atoms with van der Waals surface area (Å²) in [5, 5.41) is 0.586. The Morgan fingerprint density at radius 1 is 0.952 bits per heavy atom. The lowest BCUT2D eigenvalue weighted by Gasteiger charge is -2.13. The summed E-state index contributed by atoms with van der Waals surface area (Å²) in [5.74, 6) is -1.39. The Balaban J connectivity index is 2.03. The van der Waals surface area contributed by atoms with Crippen molar-refractivity contribution in [1.29, 1.82) is 0 Å². The first-order valence-electron chi connectivity index (χ1n) is 6.74. The second-order valence-electron chi connectivity index (χ2n) is 5.15. The summed E-state index contributed by atoms with van der Waals surface area (Å²) in [6.45, 7) is 0. The van der Waals surface area contributed by atoms with E-state index >= 15 is 0 Å². The largest absolute Gasteiger partial charge is 0.216 e. The first-order valence-corrected chi connectivity index (χ1v) is 7.50. The standard InChI is InChI=1S/C15H12Cl2F2N2/c16-13-12(8-3-1-2-4-8)14(17)21-15(20-13)9-5-6-10(18)11(19)7-9/h5-8H,1-4H2. The van der Waals surface area contributed by atoms with Crippen LogP contribution in [0.3, 0.4) is 0 Å². The number of rotatable bonds is 2. The summed E-state index contributed by atoms with van der Waals surface area (Å²) in [6, 6.07) is 3.46. The van der Waals surface area contributed by atoms with E-state index in [2.05, 4.69) is 9.97 Å². The molecule has 110 valence electrons. The van der Waals surface area contributed by atoms with Gasteiger partial charge in [0.15, 0.2) is 17.5 Å².